The van der Waals surface area contributed by atoms with Crippen molar-refractivity contribution in [2.45, 2.75) is 32.6 Å². The average molecular weight is 440 g/mol. The molecule has 1 fully saturated rings. The molecule has 0 amide bonds. The second kappa shape index (κ2) is 9.66. The fraction of sp³-hybridized carbons (Fsp3) is 0.259. The van der Waals surface area contributed by atoms with Crippen LogP contribution < -0.4 is 16.0 Å². The summed E-state index contributed by atoms with van der Waals surface area (Å²) in [6.45, 7) is 8.36. The molecule has 0 saturated carbocycles. The standard InChI is InChI=1S/C27H29N5O/c1-3-8-18(2)30-24-15-19(11-12-25(24)32-13-6-7-14-32)21-16-23(31-27(29)22(21)17-28)20-9-4-5-10-26(20)33/h4-5,9-12,15-16,30,33H,2-3,6-8,13-14H2,1H3,(H2,29,31). The van der Waals surface area contributed by atoms with Crippen LogP contribution in [0.2, 0.25) is 0 Å². The number of nitrogens with one attached hydrogen (secondary N) is 1. The molecular formula is C27H29N5O. The van der Waals surface area contributed by atoms with Crippen LogP contribution in [0, 0.1) is 11.3 Å². The van der Waals surface area contributed by atoms with Crippen LogP contribution in [0.15, 0.2) is 60.8 Å². The average Bonchev–Trinajstić information content (AvgIpc) is 3.33. The zero-order chi connectivity index (χ0) is 23.4. The maximum Gasteiger partial charge on any atom is 0.142 e. The van der Waals surface area contributed by atoms with Crippen molar-refractivity contribution < 1.29 is 5.11 Å². The third-order valence-corrected chi connectivity index (χ3v) is 5.96. The number of aromatic nitrogens is 1. The van der Waals surface area contributed by atoms with Crippen LogP contribution >= 0.6 is 0 Å². The van der Waals surface area contributed by atoms with Crippen LogP contribution in [0.4, 0.5) is 17.2 Å². The third-order valence-electron chi connectivity index (χ3n) is 5.96. The molecule has 168 valence electrons. The van der Waals surface area contributed by atoms with Crippen LogP contribution in [-0.4, -0.2) is 23.2 Å². The minimum atomic E-state index is 0.114. The molecule has 33 heavy (non-hydrogen) atoms. The van der Waals surface area contributed by atoms with Crippen molar-refractivity contribution in [2.24, 2.45) is 0 Å². The van der Waals surface area contributed by atoms with Gasteiger partial charge in [0, 0.05) is 29.9 Å². The fourth-order valence-electron chi connectivity index (χ4n) is 4.33. The number of benzene rings is 2. The number of phenols is 1. The Kier molecular flexibility index (Phi) is 6.50. The summed E-state index contributed by atoms with van der Waals surface area (Å²) in [5.41, 5.74) is 12.2. The number of nitriles is 1. The van der Waals surface area contributed by atoms with E-state index >= 15 is 0 Å². The van der Waals surface area contributed by atoms with Gasteiger partial charge in [0.15, 0.2) is 0 Å². The van der Waals surface area contributed by atoms with Crippen molar-refractivity contribution in [3.05, 3.63) is 66.4 Å². The number of rotatable bonds is 7. The van der Waals surface area contributed by atoms with Gasteiger partial charge in [-0.05, 0) is 55.2 Å². The first-order chi connectivity index (χ1) is 16.0. The largest absolute Gasteiger partial charge is 0.507 e. The number of hydrogen-bond acceptors (Lipinski definition) is 6. The van der Waals surface area contributed by atoms with Gasteiger partial charge in [0.2, 0.25) is 0 Å². The van der Waals surface area contributed by atoms with Gasteiger partial charge in [0.1, 0.15) is 23.2 Å². The number of anilines is 3. The first-order valence-corrected chi connectivity index (χ1v) is 11.3. The smallest absolute Gasteiger partial charge is 0.142 e. The summed E-state index contributed by atoms with van der Waals surface area (Å²) in [6, 6.07) is 17.2. The number of nitrogens with zero attached hydrogens (tertiary/aromatic N) is 3. The zero-order valence-electron chi connectivity index (χ0n) is 18.9. The van der Waals surface area contributed by atoms with Crippen molar-refractivity contribution in [3.8, 4) is 34.2 Å². The molecule has 1 aromatic heterocycles. The van der Waals surface area contributed by atoms with E-state index < -0.39 is 0 Å². The maximum absolute atomic E-state index is 10.3. The molecule has 0 unspecified atom stereocenters. The summed E-state index contributed by atoms with van der Waals surface area (Å²) in [6.07, 6.45) is 4.25. The number of pyridine rings is 1. The van der Waals surface area contributed by atoms with E-state index in [1.165, 1.54) is 12.8 Å². The van der Waals surface area contributed by atoms with E-state index in [0.29, 0.717) is 22.4 Å². The molecule has 6 nitrogen and oxygen atoms in total. The Labute approximate surface area is 195 Å². The molecule has 2 aromatic carbocycles. The number of aromatic hydroxyl groups is 1. The number of nitrogens with two attached hydrogens (primary N) is 1. The predicted molar refractivity (Wildman–Crippen MR) is 135 cm³/mol. The summed E-state index contributed by atoms with van der Waals surface area (Å²) in [7, 11) is 0. The Hall–Kier alpha value is -3.98. The van der Waals surface area contributed by atoms with Crippen LogP contribution in [0.1, 0.15) is 38.2 Å². The second-order valence-corrected chi connectivity index (χ2v) is 8.35. The molecule has 0 atom stereocenters. The Bertz CT molecular complexity index is 1220. The highest BCUT2D eigenvalue weighted by Gasteiger charge is 2.19. The van der Waals surface area contributed by atoms with Crippen molar-refractivity contribution in [2.75, 3.05) is 29.0 Å². The highest BCUT2D eigenvalue weighted by molar-refractivity contribution is 5.85. The molecule has 0 radical (unpaired) electrons. The van der Waals surface area contributed by atoms with Gasteiger partial charge in [-0.15, -0.1) is 0 Å². The van der Waals surface area contributed by atoms with Gasteiger partial charge < -0.3 is 21.1 Å². The minimum absolute atomic E-state index is 0.114. The summed E-state index contributed by atoms with van der Waals surface area (Å²) in [5, 5.41) is 23.7. The minimum Gasteiger partial charge on any atom is -0.507 e. The number of allylic oxidation sites excluding steroid dienone is 1. The van der Waals surface area contributed by atoms with E-state index in [4.69, 9.17) is 5.73 Å². The normalized spacial score (nSPS) is 13.0. The first-order valence-electron chi connectivity index (χ1n) is 11.3. The molecule has 3 aromatic rings. The monoisotopic (exact) mass is 439 g/mol. The zero-order valence-corrected chi connectivity index (χ0v) is 18.9. The van der Waals surface area contributed by atoms with E-state index in [1.807, 2.05) is 18.2 Å². The Balaban J connectivity index is 1.84. The van der Waals surface area contributed by atoms with Crippen molar-refractivity contribution in [3.63, 3.8) is 0 Å². The SMILES string of the molecule is C=C(CCC)Nc1cc(-c2cc(-c3ccccc3O)nc(N)c2C#N)ccc1N1CCCC1. The first kappa shape index (κ1) is 22.2. The highest BCUT2D eigenvalue weighted by Crippen LogP contribution is 2.38. The van der Waals surface area contributed by atoms with Gasteiger partial charge in [-0.25, -0.2) is 4.98 Å². The molecule has 4 rings (SSSR count). The highest BCUT2D eigenvalue weighted by atomic mass is 16.3. The molecule has 0 spiro atoms. The second-order valence-electron chi connectivity index (χ2n) is 8.35. The topological polar surface area (TPSA) is 98.2 Å². The number of phenolic OH excluding ortho intramolecular Hbond substituents is 1. The van der Waals surface area contributed by atoms with Gasteiger partial charge in [0.25, 0.3) is 0 Å². The molecule has 4 N–H and O–H groups in total. The molecule has 6 heteroatoms. The van der Waals surface area contributed by atoms with Gasteiger partial charge >= 0.3 is 0 Å². The number of nitrogen functional groups attached to an aromatic ring is 1. The van der Waals surface area contributed by atoms with Crippen LogP contribution in [0.5, 0.6) is 5.75 Å². The van der Waals surface area contributed by atoms with E-state index in [2.05, 4.69) is 46.9 Å². The molecule has 2 heterocycles. The summed E-state index contributed by atoms with van der Waals surface area (Å²) in [4.78, 5) is 6.77. The Morgan fingerprint density at radius 2 is 1.94 bits per heavy atom. The molecule has 1 aliphatic rings. The van der Waals surface area contributed by atoms with Crippen LogP contribution in [0.3, 0.4) is 0 Å². The van der Waals surface area contributed by atoms with Crippen LogP contribution in [0.25, 0.3) is 22.4 Å². The van der Waals surface area contributed by atoms with Crippen molar-refractivity contribution in [1.82, 2.24) is 4.98 Å². The number of para-hydroxylation sites is 1. The molecule has 1 aliphatic heterocycles. The van der Waals surface area contributed by atoms with E-state index in [-0.39, 0.29) is 11.6 Å². The predicted octanol–water partition coefficient (Wildman–Crippen LogP) is 5.90. The Morgan fingerprint density at radius 3 is 2.64 bits per heavy atom. The van der Waals surface area contributed by atoms with E-state index in [0.717, 1.165) is 48.6 Å². The third kappa shape index (κ3) is 4.63. The van der Waals surface area contributed by atoms with Gasteiger partial charge in [0.05, 0.1) is 17.1 Å². The molecule has 0 aliphatic carbocycles. The van der Waals surface area contributed by atoms with Crippen molar-refractivity contribution in [1.29, 1.82) is 5.26 Å². The van der Waals surface area contributed by atoms with Gasteiger partial charge in [-0.1, -0.05) is 38.1 Å². The summed E-state index contributed by atoms with van der Waals surface area (Å²) in [5.74, 6) is 0.254. The molecule has 1 saturated heterocycles. The summed E-state index contributed by atoms with van der Waals surface area (Å²) < 4.78 is 0. The van der Waals surface area contributed by atoms with Crippen LogP contribution in [-0.2, 0) is 0 Å². The molecular weight excluding hydrogens is 410 g/mol. The van der Waals surface area contributed by atoms with Gasteiger partial charge in [-0.2, -0.15) is 5.26 Å². The van der Waals surface area contributed by atoms with E-state index in [1.54, 1.807) is 18.2 Å². The fourth-order valence-corrected chi connectivity index (χ4v) is 4.33. The lowest BCUT2D eigenvalue weighted by Crippen LogP contribution is -2.19. The van der Waals surface area contributed by atoms with Crippen molar-refractivity contribution >= 4 is 17.2 Å². The molecule has 0 bridgehead atoms. The van der Waals surface area contributed by atoms with Gasteiger partial charge in [-0.3, -0.25) is 0 Å². The maximum atomic E-state index is 10.3. The lowest BCUT2D eigenvalue weighted by Gasteiger charge is -2.24. The Morgan fingerprint density at radius 1 is 1.18 bits per heavy atom. The quantitative estimate of drug-likeness (QED) is 0.424. The lowest BCUT2D eigenvalue weighted by atomic mass is 9.97. The number of hydrogen-bond donors (Lipinski definition) is 3. The lowest BCUT2D eigenvalue weighted by molar-refractivity contribution is 0.477. The summed E-state index contributed by atoms with van der Waals surface area (Å²) >= 11 is 0. The van der Waals surface area contributed by atoms with E-state index in [9.17, 15) is 10.4 Å².